The zero-order chi connectivity index (χ0) is 27.0. The predicted octanol–water partition coefficient (Wildman–Crippen LogP) is 6.53. The second kappa shape index (κ2) is 9.77. The zero-order valence-corrected chi connectivity index (χ0v) is 20.6. The van der Waals surface area contributed by atoms with Crippen LogP contribution < -0.4 is 11.1 Å². The van der Waals surface area contributed by atoms with Gasteiger partial charge in [-0.05, 0) is 59.8 Å². The molecule has 0 aliphatic rings. The SMILES string of the molecule is CCc1ccc(F)c(C(Nc2ccc3c(N)nccc3c2)c2nc(-c3cccc(C(F)(F)F)c3)nn2C)c1. The van der Waals surface area contributed by atoms with Crippen LogP contribution in [0.5, 0.6) is 0 Å². The molecule has 0 spiro atoms. The number of anilines is 2. The Kier molecular flexibility index (Phi) is 6.48. The standard InChI is InChI=1S/C28H24F4N6/c1-3-16-7-10-23(29)22(13-16)24(35-20-8-9-21-17(15-20)11-12-34-25(21)33)27-36-26(37-38(27)2)18-5-4-6-19(14-18)28(30,31)32/h4-15,24,35H,3H2,1-2H3,(H2,33,34). The van der Waals surface area contributed by atoms with E-state index in [1.165, 1.54) is 22.9 Å². The topological polar surface area (TPSA) is 81.7 Å². The molecule has 0 aliphatic heterocycles. The van der Waals surface area contributed by atoms with Crippen LogP contribution in [0.2, 0.25) is 0 Å². The molecule has 0 fully saturated rings. The Morgan fingerprint density at radius 1 is 1.03 bits per heavy atom. The number of fused-ring (bicyclic) bond motifs is 1. The number of nitrogens with two attached hydrogens (primary N) is 1. The van der Waals surface area contributed by atoms with Crippen molar-refractivity contribution in [2.45, 2.75) is 25.6 Å². The summed E-state index contributed by atoms with van der Waals surface area (Å²) in [5.74, 6) is 0.382. The molecular weight excluding hydrogens is 496 g/mol. The maximum Gasteiger partial charge on any atom is 0.416 e. The molecule has 10 heteroatoms. The molecular formula is C28H24F4N6. The highest BCUT2D eigenvalue weighted by Gasteiger charge is 2.31. The quantitative estimate of drug-likeness (QED) is 0.249. The summed E-state index contributed by atoms with van der Waals surface area (Å²) in [5.41, 5.74) is 7.31. The highest BCUT2D eigenvalue weighted by atomic mass is 19.4. The number of aromatic nitrogens is 4. The second-order valence-electron chi connectivity index (χ2n) is 8.91. The van der Waals surface area contributed by atoms with Crippen molar-refractivity contribution in [3.8, 4) is 11.4 Å². The summed E-state index contributed by atoms with van der Waals surface area (Å²) >= 11 is 0. The minimum Gasteiger partial charge on any atom is -0.383 e. The van der Waals surface area contributed by atoms with E-state index in [1.807, 2.05) is 25.1 Å². The number of hydrogen-bond acceptors (Lipinski definition) is 5. The molecule has 2 aromatic heterocycles. The molecule has 0 bridgehead atoms. The summed E-state index contributed by atoms with van der Waals surface area (Å²) in [4.78, 5) is 8.68. The van der Waals surface area contributed by atoms with E-state index < -0.39 is 23.6 Å². The Morgan fingerprint density at radius 3 is 2.61 bits per heavy atom. The molecule has 3 N–H and O–H groups in total. The lowest BCUT2D eigenvalue weighted by Crippen LogP contribution is -2.19. The number of halogens is 4. The molecule has 0 saturated carbocycles. The fourth-order valence-electron chi connectivity index (χ4n) is 4.38. The molecule has 0 saturated heterocycles. The summed E-state index contributed by atoms with van der Waals surface area (Å²) in [6, 6.07) is 16.2. The van der Waals surface area contributed by atoms with Crippen molar-refractivity contribution >= 4 is 22.3 Å². The molecule has 0 aliphatic carbocycles. The first-order valence-corrected chi connectivity index (χ1v) is 11.9. The normalized spacial score (nSPS) is 12.6. The Bertz CT molecular complexity index is 1630. The number of pyridine rings is 1. The van der Waals surface area contributed by atoms with Crippen LogP contribution in [0.1, 0.15) is 35.5 Å². The summed E-state index contributed by atoms with van der Waals surface area (Å²) in [6.45, 7) is 1.97. The van der Waals surface area contributed by atoms with Gasteiger partial charge < -0.3 is 11.1 Å². The summed E-state index contributed by atoms with van der Waals surface area (Å²) in [6.07, 6.45) is -2.21. The molecule has 6 nitrogen and oxygen atoms in total. The van der Waals surface area contributed by atoms with Crippen molar-refractivity contribution in [2.24, 2.45) is 7.05 Å². The van der Waals surface area contributed by atoms with E-state index in [2.05, 4.69) is 20.4 Å². The Balaban J connectivity index is 1.62. The van der Waals surface area contributed by atoms with Gasteiger partial charge >= 0.3 is 6.18 Å². The van der Waals surface area contributed by atoms with Gasteiger partial charge in [0.15, 0.2) is 11.6 Å². The smallest absolute Gasteiger partial charge is 0.383 e. The van der Waals surface area contributed by atoms with E-state index >= 15 is 4.39 Å². The molecule has 38 heavy (non-hydrogen) atoms. The van der Waals surface area contributed by atoms with Gasteiger partial charge in [-0.25, -0.2) is 14.4 Å². The molecule has 1 unspecified atom stereocenters. The van der Waals surface area contributed by atoms with E-state index in [0.717, 1.165) is 28.5 Å². The van der Waals surface area contributed by atoms with Crippen LogP contribution >= 0.6 is 0 Å². The van der Waals surface area contributed by atoms with Crippen LogP contribution in [0.4, 0.5) is 29.1 Å². The lowest BCUT2D eigenvalue weighted by molar-refractivity contribution is -0.137. The Morgan fingerprint density at radius 2 is 1.84 bits per heavy atom. The number of benzene rings is 3. The first-order chi connectivity index (χ1) is 18.1. The van der Waals surface area contributed by atoms with Crippen LogP contribution in [0, 0.1) is 5.82 Å². The lowest BCUT2D eigenvalue weighted by atomic mass is 10.0. The summed E-state index contributed by atoms with van der Waals surface area (Å²) < 4.78 is 56.6. The van der Waals surface area contributed by atoms with Crippen LogP contribution in [0.3, 0.4) is 0 Å². The highest BCUT2D eigenvalue weighted by Crippen LogP contribution is 2.34. The average Bonchev–Trinajstić information content (AvgIpc) is 3.29. The number of hydrogen-bond donors (Lipinski definition) is 2. The predicted molar refractivity (Wildman–Crippen MR) is 139 cm³/mol. The zero-order valence-electron chi connectivity index (χ0n) is 20.6. The van der Waals surface area contributed by atoms with Crippen LogP contribution in [-0.4, -0.2) is 19.7 Å². The van der Waals surface area contributed by atoms with Crippen molar-refractivity contribution in [3.63, 3.8) is 0 Å². The van der Waals surface area contributed by atoms with Gasteiger partial charge in [-0.3, -0.25) is 4.68 Å². The number of nitrogens with zero attached hydrogens (tertiary/aromatic N) is 4. The van der Waals surface area contributed by atoms with E-state index in [0.29, 0.717) is 29.3 Å². The third-order valence-electron chi connectivity index (χ3n) is 6.39. The van der Waals surface area contributed by atoms with Crippen molar-refractivity contribution in [1.29, 1.82) is 0 Å². The number of aryl methyl sites for hydroxylation is 2. The van der Waals surface area contributed by atoms with E-state index in [-0.39, 0.29) is 11.4 Å². The van der Waals surface area contributed by atoms with Gasteiger partial charge in [-0.2, -0.15) is 18.3 Å². The van der Waals surface area contributed by atoms with Crippen LogP contribution in [0.15, 0.2) is 72.9 Å². The monoisotopic (exact) mass is 520 g/mol. The van der Waals surface area contributed by atoms with Crippen LogP contribution in [-0.2, 0) is 19.6 Å². The van der Waals surface area contributed by atoms with Gasteiger partial charge in [-0.15, -0.1) is 0 Å². The maximum atomic E-state index is 15.2. The number of nitrogen functional groups attached to an aromatic ring is 1. The van der Waals surface area contributed by atoms with Gasteiger partial charge in [0.1, 0.15) is 17.7 Å². The molecule has 3 aromatic carbocycles. The van der Waals surface area contributed by atoms with Crippen molar-refractivity contribution in [2.75, 3.05) is 11.1 Å². The number of nitrogens with one attached hydrogen (secondary N) is 1. The third-order valence-corrected chi connectivity index (χ3v) is 6.39. The molecule has 5 aromatic rings. The van der Waals surface area contributed by atoms with Gasteiger partial charge in [0, 0.05) is 35.4 Å². The van der Waals surface area contributed by atoms with E-state index in [1.54, 1.807) is 31.4 Å². The van der Waals surface area contributed by atoms with Crippen LogP contribution in [0.25, 0.3) is 22.2 Å². The van der Waals surface area contributed by atoms with Gasteiger partial charge in [0.2, 0.25) is 0 Å². The largest absolute Gasteiger partial charge is 0.416 e. The molecule has 0 amide bonds. The average molecular weight is 521 g/mol. The second-order valence-corrected chi connectivity index (χ2v) is 8.91. The fourth-order valence-corrected chi connectivity index (χ4v) is 4.38. The Labute approximate surface area is 216 Å². The van der Waals surface area contributed by atoms with E-state index in [9.17, 15) is 13.2 Å². The van der Waals surface area contributed by atoms with Crippen molar-refractivity contribution in [3.05, 3.63) is 101 Å². The third kappa shape index (κ3) is 4.89. The summed E-state index contributed by atoms with van der Waals surface area (Å²) in [5, 5.41) is 9.35. The van der Waals surface area contributed by atoms with E-state index in [4.69, 9.17) is 5.73 Å². The molecule has 194 valence electrons. The van der Waals surface area contributed by atoms with Crippen molar-refractivity contribution < 1.29 is 17.6 Å². The summed E-state index contributed by atoms with van der Waals surface area (Å²) in [7, 11) is 1.63. The fraction of sp³-hybridized carbons (Fsp3) is 0.179. The maximum absolute atomic E-state index is 15.2. The van der Waals surface area contributed by atoms with Gasteiger partial charge in [-0.1, -0.05) is 31.2 Å². The highest BCUT2D eigenvalue weighted by molar-refractivity contribution is 5.92. The molecule has 5 rings (SSSR count). The molecule has 1 atom stereocenters. The minimum atomic E-state index is -4.50. The van der Waals surface area contributed by atoms with Crippen molar-refractivity contribution in [1.82, 2.24) is 19.7 Å². The van der Waals surface area contributed by atoms with Gasteiger partial charge in [0.25, 0.3) is 0 Å². The first-order valence-electron chi connectivity index (χ1n) is 11.9. The number of rotatable bonds is 6. The lowest BCUT2D eigenvalue weighted by Gasteiger charge is -2.21. The number of alkyl halides is 3. The first kappa shape index (κ1) is 25.2. The molecule has 0 radical (unpaired) electrons. The van der Waals surface area contributed by atoms with Gasteiger partial charge in [0.05, 0.1) is 5.56 Å². The minimum absolute atomic E-state index is 0.102. The molecule has 2 heterocycles. The Hall–Kier alpha value is -4.47.